The predicted molar refractivity (Wildman–Crippen MR) is 61.6 cm³/mol. The van der Waals surface area contributed by atoms with Crippen molar-refractivity contribution in [3.63, 3.8) is 0 Å². The van der Waals surface area contributed by atoms with Crippen molar-refractivity contribution in [1.82, 2.24) is 5.32 Å². The van der Waals surface area contributed by atoms with Crippen LogP contribution in [0.4, 0.5) is 0 Å². The fraction of sp³-hybridized carbons (Fsp3) is 0.231. The molecule has 0 radical (unpaired) electrons. The Morgan fingerprint density at radius 2 is 2.00 bits per heavy atom. The number of hydrogen-bond donors (Lipinski definition) is 1. The van der Waals surface area contributed by atoms with Crippen LogP contribution in [0.3, 0.4) is 0 Å². The van der Waals surface area contributed by atoms with E-state index in [9.17, 15) is 9.59 Å². The lowest BCUT2D eigenvalue weighted by molar-refractivity contribution is -0.121. The Balaban J connectivity index is 2.40. The molecule has 16 heavy (non-hydrogen) atoms. The summed E-state index contributed by atoms with van der Waals surface area (Å²) in [5.74, 6) is -0.217. The van der Waals surface area contributed by atoms with Gasteiger partial charge in [0.2, 0.25) is 5.91 Å². The monoisotopic (exact) mass is 215 g/mol. The number of rotatable bonds is 1. The van der Waals surface area contributed by atoms with E-state index >= 15 is 0 Å². The third-order valence-corrected chi connectivity index (χ3v) is 2.59. The van der Waals surface area contributed by atoms with Gasteiger partial charge in [-0.25, -0.2) is 0 Å². The molecule has 1 aromatic rings. The summed E-state index contributed by atoms with van der Waals surface area (Å²) in [4.78, 5) is 22.7. The van der Waals surface area contributed by atoms with Crippen molar-refractivity contribution in [2.24, 2.45) is 0 Å². The van der Waals surface area contributed by atoms with E-state index in [4.69, 9.17) is 0 Å². The van der Waals surface area contributed by atoms with Crippen LogP contribution in [0, 0.1) is 0 Å². The number of aryl methyl sites for hydroxylation is 1. The van der Waals surface area contributed by atoms with Gasteiger partial charge in [-0.15, -0.1) is 0 Å². The highest BCUT2D eigenvalue weighted by atomic mass is 16.2. The summed E-state index contributed by atoms with van der Waals surface area (Å²) in [5, 5.41) is 2.59. The van der Waals surface area contributed by atoms with Crippen LogP contribution in [0.25, 0.3) is 6.08 Å². The van der Waals surface area contributed by atoms with Crippen LogP contribution in [0.5, 0.6) is 0 Å². The molecule has 0 bridgehead atoms. The zero-order valence-electron chi connectivity index (χ0n) is 9.12. The highest BCUT2D eigenvalue weighted by Gasteiger charge is 2.16. The van der Waals surface area contributed by atoms with Gasteiger partial charge in [0.15, 0.2) is 5.78 Å². The van der Waals surface area contributed by atoms with Gasteiger partial charge in [-0.3, -0.25) is 9.59 Å². The van der Waals surface area contributed by atoms with E-state index in [0.29, 0.717) is 12.1 Å². The first kappa shape index (κ1) is 10.6. The maximum atomic E-state index is 11.7. The van der Waals surface area contributed by atoms with Crippen LogP contribution in [0.1, 0.15) is 24.5 Å². The quantitative estimate of drug-likeness (QED) is 0.774. The van der Waals surface area contributed by atoms with Gasteiger partial charge in [0.1, 0.15) is 0 Å². The molecular formula is C13H13NO2. The Kier molecular flexibility index (Phi) is 2.86. The van der Waals surface area contributed by atoms with Gasteiger partial charge in [0.25, 0.3) is 0 Å². The van der Waals surface area contributed by atoms with Gasteiger partial charge in [-0.1, -0.05) is 24.3 Å². The largest absolute Gasteiger partial charge is 0.323 e. The second kappa shape index (κ2) is 4.31. The molecule has 0 atom stereocenters. The molecule has 82 valence electrons. The standard InChI is InChI=1S/C13H13NO2/c1-9(15)14-12-8-11-5-3-2-4-10(11)6-7-13(12)16/h2-5,8H,6-7H2,1H3,(H,14,15). The van der Waals surface area contributed by atoms with Gasteiger partial charge in [-0.2, -0.15) is 0 Å². The van der Waals surface area contributed by atoms with E-state index < -0.39 is 0 Å². The lowest BCUT2D eigenvalue weighted by atomic mass is 10.1. The fourth-order valence-electron chi connectivity index (χ4n) is 1.82. The molecule has 1 aromatic carbocycles. The van der Waals surface area contributed by atoms with Crippen LogP contribution >= 0.6 is 0 Å². The molecule has 0 unspecified atom stereocenters. The summed E-state index contributed by atoms with van der Waals surface area (Å²) in [5.41, 5.74) is 2.56. The summed E-state index contributed by atoms with van der Waals surface area (Å²) < 4.78 is 0. The maximum Gasteiger partial charge on any atom is 0.221 e. The van der Waals surface area contributed by atoms with Crippen LogP contribution in [-0.2, 0) is 16.0 Å². The molecule has 1 amide bonds. The van der Waals surface area contributed by atoms with E-state index in [1.165, 1.54) is 6.92 Å². The third kappa shape index (κ3) is 2.19. The molecule has 0 saturated carbocycles. The zero-order chi connectivity index (χ0) is 11.5. The Morgan fingerprint density at radius 1 is 1.25 bits per heavy atom. The summed E-state index contributed by atoms with van der Waals surface area (Å²) in [6, 6.07) is 7.85. The number of nitrogens with one attached hydrogen (secondary N) is 1. The van der Waals surface area contributed by atoms with E-state index in [1.54, 1.807) is 6.08 Å². The Labute approximate surface area is 94.2 Å². The minimum Gasteiger partial charge on any atom is -0.323 e. The molecule has 0 aromatic heterocycles. The molecule has 0 saturated heterocycles. The maximum absolute atomic E-state index is 11.7. The average Bonchev–Trinajstić information content (AvgIpc) is 2.39. The molecule has 0 spiro atoms. The first-order valence-electron chi connectivity index (χ1n) is 5.27. The predicted octanol–water partition coefficient (Wildman–Crippen LogP) is 1.68. The molecule has 0 heterocycles. The number of benzene rings is 1. The number of allylic oxidation sites excluding steroid dienone is 1. The highest BCUT2D eigenvalue weighted by molar-refractivity contribution is 6.03. The fourth-order valence-corrected chi connectivity index (χ4v) is 1.82. The number of amides is 1. The molecule has 1 N–H and O–H groups in total. The lowest BCUT2D eigenvalue weighted by Crippen LogP contribution is -2.24. The minimum atomic E-state index is -0.209. The third-order valence-electron chi connectivity index (χ3n) is 2.59. The number of hydrogen-bond acceptors (Lipinski definition) is 2. The summed E-state index contributed by atoms with van der Waals surface area (Å²) in [7, 11) is 0. The minimum absolute atomic E-state index is 0.00796. The first-order valence-corrected chi connectivity index (χ1v) is 5.27. The van der Waals surface area contributed by atoms with Crippen molar-refractivity contribution in [3.05, 3.63) is 41.1 Å². The highest BCUT2D eigenvalue weighted by Crippen LogP contribution is 2.19. The molecule has 1 aliphatic carbocycles. The second-order valence-corrected chi connectivity index (χ2v) is 3.86. The number of Topliss-reactive ketones (excluding diaryl/α,β-unsaturated/α-hetero) is 1. The van der Waals surface area contributed by atoms with Gasteiger partial charge < -0.3 is 5.32 Å². The summed E-state index contributed by atoms with van der Waals surface area (Å²) >= 11 is 0. The zero-order valence-corrected chi connectivity index (χ0v) is 9.12. The SMILES string of the molecule is CC(=O)NC1=Cc2ccccc2CCC1=O. The van der Waals surface area contributed by atoms with E-state index in [0.717, 1.165) is 17.5 Å². The first-order chi connectivity index (χ1) is 7.66. The average molecular weight is 215 g/mol. The molecule has 0 aliphatic heterocycles. The summed E-state index contributed by atoms with van der Waals surface area (Å²) in [6.45, 7) is 1.41. The lowest BCUT2D eigenvalue weighted by Gasteiger charge is -2.03. The van der Waals surface area contributed by atoms with Crippen LogP contribution in [0.2, 0.25) is 0 Å². The molecule has 1 aliphatic rings. The normalized spacial score (nSPS) is 14.8. The van der Waals surface area contributed by atoms with Gasteiger partial charge in [-0.05, 0) is 23.6 Å². The van der Waals surface area contributed by atoms with Crippen LogP contribution < -0.4 is 5.32 Å². The topological polar surface area (TPSA) is 46.2 Å². The molecule has 0 fully saturated rings. The van der Waals surface area contributed by atoms with Crippen molar-refractivity contribution in [1.29, 1.82) is 0 Å². The van der Waals surface area contributed by atoms with E-state index in [2.05, 4.69) is 5.32 Å². The van der Waals surface area contributed by atoms with Gasteiger partial charge in [0.05, 0.1) is 5.70 Å². The molecule has 3 nitrogen and oxygen atoms in total. The number of fused-ring (bicyclic) bond motifs is 1. The van der Waals surface area contributed by atoms with Crippen LogP contribution in [0.15, 0.2) is 30.0 Å². The number of ketones is 1. The smallest absolute Gasteiger partial charge is 0.221 e. The Bertz CT molecular complexity index is 475. The Hall–Kier alpha value is -1.90. The van der Waals surface area contributed by atoms with Crippen LogP contribution in [-0.4, -0.2) is 11.7 Å². The van der Waals surface area contributed by atoms with Crippen molar-refractivity contribution >= 4 is 17.8 Å². The molecular weight excluding hydrogens is 202 g/mol. The molecule has 3 heteroatoms. The summed E-state index contributed by atoms with van der Waals surface area (Å²) in [6.07, 6.45) is 2.93. The van der Waals surface area contributed by atoms with E-state index in [-0.39, 0.29) is 11.7 Å². The van der Waals surface area contributed by atoms with Gasteiger partial charge in [0, 0.05) is 13.3 Å². The second-order valence-electron chi connectivity index (χ2n) is 3.86. The van der Waals surface area contributed by atoms with Crippen molar-refractivity contribution in [3.8, 4) is 0 Å². The van der Waals surface area contributed by atoms with E-state index in [1.807, 2.05) is 24.3 Å². The number of carbonyl (C=O) groups is 2. The van der Waals surface area contributed by atoms with Crippen molar-refractivity contribution in [2.45, 2.75) is 19.8 Å². The van der Waals surface area contributed by atoms with Crippen molar-refractivity contribution < 1.29 is 9.59 Å². The van der Waals surface area contributed by atoms with Gasteiger partial charge >= 0.3 is 0 Å². The number of carbonyl (C=O) groups excluding carboxylic acids is 2. The Morgan fingerprint density at radius 3 is 2.75 bits per heavy atom. The van der Waals surface area contributed by atoms with Crippen molar-refractivity contribution in [2.75, 3.05) is 0 Å². The molecule has 2 rings (SSSR count).